The molecule has 0 atom stereocenters. The zero-order valence-corrected chi connectivity index (χ0v) is 16.6. The topological polar surface area (TPSA) is 51.1 Å². The maximum absolute atomic E-state index is 13.1. The Bertz CT molecular complexity index is 1170. The number of aromatic nitrogens is 1. The Hall–Kier alpha value is -3.05. The first-order chi connectivity index (χ1) is 14.2. The van der Waals surface area contributed by atoms with Crippen LogP contribution in [0.2, 0.25) is 0 Å². The smallest absolute Gasteiger partial charge is 0.241 e. The number of anilines is 1. The van der Waals surface area contributed by atoms with Gasteiger partial charge in [-0.25, -0.2) is 0 Å². The number of nitrogens with zero attached hydrogens (tertiary/aromatic N) is 1. The van der Waals surface area contributed by atoms with Gasteiger partial charge in [0.05, 0.1) is 16.8 Å². The number of nitrogens with one attached hydrogen (secondary N) is 1. The summed E-state index contributed by atoms with van der Waals surface area (Å²) < 4.78 is 1.82. The van der Waals surface area contributed by atoms with Gasteiger partial charge in [0.15, 0.2) is 0 Å². The lowest BCUT2D eigenvalue weighted by molar-refractivity contribution is -0.117. The number of para-hydroxylation sites is 2. The van der Waals surface area contributed by atoms with E-state index in [9.17, 15) is 9.59 Å². The van der Waals surface area contributed by atoms with Crippen molar-refractivity contribution in [2.75, 3.05) is 11.1 Å². The first kappa shape index (κ1) is 18.0. The molecule has 1 fully saturated rings. The maximum Gasteiger partial charge on any atom is 0.241 e. The molecule has 1 saturated carbocycles. The van der Waals surface area contributed by atoms with E-state index in [0.717, 1.165) is 45.2 Å². The number of fused-ring (bicyclic) bond motifs is 3. The molecule has 4 aromatic rings. The van der Waals surface area contributed by atoms with Crippen LogP contribution in [-0.2, 0) is 4.79 Å². The van der Waals surface area contributed by atoms with Crippen molar-refractivity contribution < 1.29 is 9.59 Å². The maximum atomic E-state index is 13.1. The van der Waals surface area contributed by atoms with Crippen molar-refractivity contribution >= 4 is 51.1 Å². The van der Waals surface area contributed by atoms with Crippen LogP contribution < -0.4 is 5.32 Å². The zero-order valence-electron chi connectivity index (χ0n) is 15.8. The predicted octanol–water partition coefficient (Wildman–Crippen LogP) is 5.58. The summed E-state index contributed by atoms with van der Waals surface area (Å²) in [5.41, 5.74) is 2.69. The second-order valence-electron chi connectivity index (χ2n) is 7.34. The molecule has 1 aliphatic carbocycles. The van der Waals surface area contributed by atoms with E-state index in [-0.39, 0.29) is 17.7 Å². The van der Waals surface area contributed by atoms with E-state index in [2.05, 4.69) is 17.4 Å². The van der Waals surface area contributed by atoms with E-state index in [1.165, 1.54) is 11.8 Å². The largest absolute Gasteiger partial charge is 0.326 e. The molecule has 3 aromatic carbocycles. The molecule has 5 rings (SSSR count). The van der Waals surface area contributed by atoms with Crippen molar-refractivity contribution in [2.24, 2.45) is 5.92 Å². The molecule has 0 saturated heterocycles. The third kappa shape index (κ3) is 3.54. The minimum absolute atomic E-state index is 0.0542. The van der Waals surface area contributed by atoms with Gasteiger partial charge in [-0.3, -0.25) is 14.2 Å². The monoisotopic (exact) mass is 400 g/mol. The van der Waals surface area contributed by atoms with E-state index in [0.29, 0.717) is 5.75 Å². The van der Waals surface area contributed by atoms with E-state index < -0.39 is 0 Å². The lowest BCUT2D eigenvalue weighted by Crippen LogP contribution is -2.13. The van der Waals surface area contributed by atoms with E-state index in [1.54, 1.807) is 0 Å². The average molecular weight is 401 g/mol. The van der Waals surface area contributed by atoms with Gasteiger partial charge < -0.3 is 5.32 Å². The predicted molar refractivity (Wildman–Crippen MR) is 119 cm³/mol. The highest BCUT2D eigenvalue weighted by Crippen LogP contribution is 2.31. The molecule has 0 radical (unpaired) electrons. The molecule has 1 N–H and O–H groups in total. The van der Waals surface area contributed by atoms with Crippen LogP contribution in [0.4, 0.5) is 5.69 Å². The quantitative estimate of drug-likeness (QED) is 0.445. The summed E-state index contributed by atoms with van der Waals surface area (Å²) in [7, 11) is 0. The van der Waals surface area contributed by atoms with Gasteiger partial charge in [0.2, 0.25) is 11.8 Å². The van der Waals surface area contributed by atoms with Crippen LogP contribution in [0.3, 0.4) is 0 Å². The molecule has 1 amide bonds. The number of carbonyl (C=O) groups excluding carboxylic acids is 2. The fourth-order valence-corrected chi connectivity index (χ4v) is 4.37. The lowest BCUT2D eigenvalue weighted by atomic mass is 10.2. The van der Waals surface area contributed by atoms with Crippen molar-refractivity contribution in [1.29, 1.82) is 0 Å². The SMILES string of the molecule is O=C(Nc1ccc(SCC(=O)n2c3ccccc3c3ccccc32)cc1)C1CC1. The van der Waals surface area contributed by atoms with Crippen molar-refractivity contribution in [3.63, 3.8) is 0 Å². The molecular weight excluding hydrogens is 380 g/mol. The van der Waals surface area contributed by atoms with Crippen LogP contribution in [0.25, 0.3) is 21.8 Å². The van der Waals surface area contributed by atoms with Gasteiger partial charge in [0.1, 0.15) is 0 Å². The van der Waals surface area contributed by atoms with Gasteiger partial charge in [-0.05, 0) is 49.2 Å². The number of carbonyl (C=O) groups is 2. The summed E-state index contributed by atoms with van der Waals surface area (Å²) in [5, 5.41) is 5.13. The van der Waals surface area contributed by atoms with Crippen molar-refractivity contribution in [1.82, 2.24) is 4.57 Å². The number of thioether (sulfide) groups is 1. The van der Waals surface area contributed by atoms with Crippen LogP contribution in [0, 0.1) is 5.92 Å². The second kappa shape index (κ2) is 7.41. The highest BCUT2D eigenvalue weighted by atomic mass is 32.2. The normalized spacial score (nSPS) is 13.7. The van der Waals surface area contributed by atoms with Crippen LogP contribution in [0.15, 0.2) is 77.7 Å². The molecule has 0 unspecified atom stereocenters. The van der Waals surface area contributed by atoms with E-state index >= 15 is 0 Å². The molecule has 29 heavy (non-hydrogen) atoms. The fraction of sp³-hybridized carbons (Fsp3) is 0.167. The number of amides is 1. The van der Waals surface area contributed by atoms with Crippen LogP contribution >= 0.6 is 11.8 Å². The molecule has 4 nitrogen and oxygen atoms in total. The van der Waals surface area contributed by atoms with Gasteiger partial charge in [-0.15, -0.1) is 11.8 Å². The molecule has 0 bridgehead atoms. The third-order valence-corrected chi connectivity index (χ3v) is 6.26. The summed E-state index contributed by atoms with van der Waals surface area (Å²) in [6, 6.07) is 23.7. The Morgan fingerprint density at radius 1 is 0.862 bits per heavy atom. The Labute approximate surface area is 172 Å². The van der Waals surface area contributed by atoms with Crippen molar-refractivity contribution in [3.05, 3.63) is 72.8 Å². The van der Waals surface area contributed by atoms with Crippen molar-refractivity contribution in [2.45, 2.75) is 17.7 Å². The Morgan fingerprint density at radius 3 is 2.03 bits per heavy atom. The minimum Gasteiger partial charge on any atom is -0.326 e. The molecule has 0 aliphatic heterocycles. The minimum atomic E-state index is 0.0542. The Morgan fingerprint density at radius 2 is 1.45 bits per heavy atom. The number of hydrogen-bond donors (Lipinski definition) is 1. The van der Waals surface area contributed by atoms with E-state index in [1.807, 2.05) is 65.2 Å². The van der Waals surface area contributed by atoms with Gasteiger partial charge in [0, 0.05) is 27.3 Å². The standard InChI is InChI=1S/C24H20N2O2S/c27-23(15-29-18-13-11-17(12-14-18)25-24(28)16-9-10-16)26-21-7-3-1-5-19(21)20-6-2-4-8-22(20)26/h1-8,11-14,16H,9-10,15H2,(H,25,28). The summed E-state index contributed by atoms with van der Waals surface area (Å²) >= 11 is 1.51. The van der Waals surface area contributed by atoms with Gasteiger partial charge in [-0.2, -0.15) is 0 Å². The molecule has 1 aliphatic rings. The second-order valence-corrected chi connectivity index (χ2v) is 8.39. The van der Waals surface area contributed by atoms with Gasteiger partial charge >= 0.3 is 0 Å². The number of hydrogen-bond acceptors (Lipinski definition) is 3. The first-order valence-corrected chi connectivity index (χ1v) is 10.7. The summed E-state index contributed by atoms with van der Waals surface area (Å²) in [6.45, 7) is 0. The van der Waals surface area contributed by atoms with E-state index in [4.69, 9.17) is 0 Å². The molecule has 0 spiro atoms. The number of rotatable bonds is 5. The third-order valence-electron chi connectivity index (χ3n) is 5.26. The Kier molecular flexibility index (Phi) is 4.60. The lowest BCUT2D eigenvalue weighted by Gasteiger charge is -2.08. The first-order valence-electron chi connectivity index (χ1n) is 9.76. The molecule has 1 heterocycles. The molecular formula is C24H20N2O2S. The Balaban J connectivity index is 1.33. The molecule has 5 heteroatoms. The van der Waals surface area contributed by atoms with Gasteiger partial charge in [-0.1, -0.05) is 36.4 Å². The highest BCUT2D eigenvalue weighted by molar-refractivity contribution is 8.00. The van der Waals surface area contributed by atoms with Gasteiger partial charge in [0.25, 0.3) is 0 Å². The molecule has 1 aromatic heterocycles. The molecule has 144 valence electrons. The van der Waals surface area contributed by atoms with Crippen LogP contribution in [-0.4, -0.2) is 22.1 Å². The van der Waals surface area contributed by atoms with Crippen molar-refractivity contribution in [3.8, 4) is 0 Å². The average Bonchev–Trinajstić information content (AvgIpc) is 3.55. The summed E-state index contributed by atoms with van der Waals surface area (Å²) in [4.78, 5) is 25.9. The van der Waals surface area contributed by atoms with Crippen LogP contribution in [0.1, 0.15) is 17.6 Å². The fourth-order valence-electron chi connectivity index (χ4n) is 3.63. The summed E-state index contributed by atoms with van der Waals surface area (Å²) in [6.07, 6.45) is 1.98. The van der Waals surface area contributed by atoms with Crippen LogP contribution in [0.5, 0.6) is 0 Å². The summed E-state index contributed by atoms with van der Waals surface area (Å²) in [5.74, 6) is 0.689. The highest BCUT2D eigenvalue weighted by Gasteiger charge is 2.29. The number of benzene rings is 3. The zero-order chi connectivity index (χ0) is 19.8.